The van der Waals surface area contributed by atoms with Gasteiger partial charge in [0.2, 0.25) is 11.8 Å². The molecule has 5 heteroatoms. The van der Waals surface area contributed by atoms with Crippen LogP contribution in [0.5, 0.6) is 0 Å². The van der Waals surface area contributed by atoms with Crippen molar-refractivity contribution in [1.29, 1.82) is 0 Å². The van der Waals surface area contributed by atoms with Crippen LogP contribution in [-0.2, 0) is 14.4 Å². The number of piperazine rings is 1. The van der Waals surface area contributed by atoms with Crippen LogP contribution in [0.2, 0.25) is 0 Å². The predicted octanol–water partition coefficient (Wildman–Crippen LogP) is -1.49. The molecule has 1 saturated heterocycles. The molecule has 0 radical (unpaired) electrons. The minimum atomic E-state index is -2.72. The lowest BCUT2D eigenvalue weighted by atomic mass is 10.4. The second kappa shape index (κ2) is 2.76. The Morgan fingerprint density at radius 2 is 2.10 bits per heavy atom. The first kappa shape index (κ1) is 3.45. The zero-order valence-corrected chi connectivity index (χ0v) is 5.17. The van der Waals surface area contributed by atoms with Crippen LogP contribution >= 0.6 is 0 Å². The molecule has 1 fully saturated rings. The van der Waals surface area contributed by atoms with E-state index < -0.39 is 24.8 Å². The first-order chi connectivity index (χ1) is 6.24. The van der Waals surface area contributed by atoms with Crippen LogP contribution < -0.4 is 5.32 Å². The highest BCUT2D eigenvalue weighted by atomic mass is 16.7. The van der Waals surface area contributed by atoms with Gasteiger partial charge < -0.3 is 4.84 Å². The molecule has 2 amide bonds. The van der Waals surface area contributed by atoms with Crippen LogP contribution in [0.1, 0.15) is 5.48 Å². The molecule has 1 aliphatic rings. The maximum atomic E-state index is 11.0. The van der Waals surface area contributed by atoms with Gasteiger partial charge >= 0.3 is 0 Å². The third-order valence-electron chi connectivity index (χ3n) is 0.816. The standard InChI is InChI=1S/C5H8N2O3/c1-10-7-2-4(8)6-5(9)3-7/h2-3H2,1H3,(H,6,8,9)/i2D2,3D2. The second-order valence-electron chi connectivity index (χ2n) is 1.48. The van der Waals surface area contributed by atoms with Crippen LogP contribution in [-0.4, -0.2) is 37.0 Å². The van der Waals surface area contributed by atoms with Crippen molar-refractivity contribution in [3.63, 3.8) is 0 Å². The largest absolute Gasteiger partial charge is 0.301 e. The maximum Gasteiger partial charge on any atom is 0.243 e. The molecule has 1 heterocycles. The lowest BCUT2D eigenvalue weighted by Gasteiger charge is -2.22. The number of carbonyl (C=O) groups is 2. The van der Waals surface area contributed by atoms with Gasteiger partial charge in [0.15, 0.2) is 0 Å². The molecule has 0 aromatic rings. The molecule has 0 saturated carbocycles. The summed E-state index contributed by atoms with van der Waals surface area (Å²) in [6, 6.07) is 0. The third kappa shape index (κ3) is 1.52. The number of hydrogen-bond donors (Lipinski definition) is 1. The molecule has 0 atom stereocenters. The summed E-state index contributed by atoms with van der Waals surface area (Å²) >= 11 is 0. The fourth-order valence-corrected chi connectivity index (χ4v) is 0.463. The van der Waals surface area contributed by atoms with E-state index in [-0.39, 0.29) is 5.06 Å². The van der Waals surface area contributed by atoms with Gasteiger partial charge in [-0.15, -0.1) is 0 Å². The van der Waals surface area contributed by atoms with Gasteiger partial charge in [-0.25, -0.2) is 0 Å². The molecule has 1 rings (SSSR count). The van der Waals surface area contributed by atoms with Gasteiger partial charge in [0.25, 0.3) is 0 Å². The Hall–Kier alpha value is -0.940. The van der Waals surface area contributed by atoms with Crippen molar-refractivity contribution in [3.05, 3.63) is 0 Å². The van der Waals surface area contributed by atoms with Crippen LogP contribution in [0.15, 0.2) is 0 Å². The predicted molar refractivity (Wildman–Crippen MR) is 31.7 cm³/mol. The number of nitrogens with zero attached hydrogens (tertiary/aromatic N) is 1. The minimum Gasteiger partial charge on any atom is -0.301 e. The Balaban J connectivity index is 3.15. The van der Waals surface area contributed by atoms with Crippen LogP contribution in [0, 0.1) is 0 Å². The Bertz CT molecular complexity index is 267. The van der Waals surface area contributed by atoms with Crippen LogP contribution in [0.25, 0.3) is 0 Å². The lowest BCUT2D eigenvalue weighted by Crippen LogP contribution is -2.50. The topological polar surface area (TPSA) is 58.6 Å². The highest BCUT2D eigenvalue weighted by Gasteiger charge is 2.21. The number of imide groups is 1. The van der Waals surface area contributed by atoms with Crippen molar-refractivity contribution >= 4 is 11.8 Å². The summed E-state index contributed by atoms with van der Waals surface area (Å²) in [4.78, 5) is 26.3. The van der Waals surface area contributed by atoms with Crippen molar-refractivity contribution in [2.24, 2.45) is 0 Å². The summed E-state index contributed by atoms with van der Waals surface area (Å²) in [5.41, 5.74) is 0. The van der Waals surface area contributed by atoms with Crippen molar-refractivity contribution in [2.75, 3.05) is 20.1 Å². The van der Waals surface area contributed by atoms with E-state index in [9.17, 15) is 9.59 Å². The van der Waals surface area contributed by atoms with Gasteiger partial charge in [-0.05, 0) is 0 Å². The highest BCUT2D eigenvalue weighted by molar-refractivity contribution is 5.99. The Kier molecular flexibility index (Phi) is 0.953. The molecule has 10 heavy (non-hydrogen) atoms. The van der Waals surface area contributed by atoms with E-state index in [4.69, 9.17) is 5.48 Å². The van der Waals surface area contributed by atoms with E-state index in [0.717, 1.165) is 7.11 Å². The molecular formula is C5H8N2O3. The monoisotopic (exact) mass is 148 g/mol. The third-order valence-corrected chi connectivity index (χ3v) is 0.816. The van der Waals surface area contributed by atoms with Crippen LogP contribution in [0.4, 0.5) is 0 Å². The fraction of sp³-hybridized carbons (Fsp3) is 0.600. The number of nitrogens with one attached hydrogen (secondary N) is 1. The summed E-state index contributed by atoms with van der Waals surface area (Å²) in [6.07, 6.45) is 0. The highest BCUT2D eigenvalue weighted by Crippen LogP contribution is 1.92. The number of carbonyl (C=O) groups excluding carboxylic acids is 2. The van der Waals surface area contributed by atoms with E-state index in [1.54, 1.807) is 5.32 Å². The van der Waals surface area contributed by atoms with Crippen molar-refractivity contribution in [1.82, 2.24) is 10.4 Å². The smallest absolute Gasteiger partial charge is 0.243 e. The van der Waals surface area contributed by atoms with E-state index >= 15 is 0 Å². The van der Waals surface area contributed by atoms with Crippen molar-refractivity contribution in [2.45, 2.75) is 0 Å². The van der Waals surface area contributed by atoms with Crippen molar-refractivity contribution < 1.29 is 19.9 Å². The zero-order valence-electron chi connectivity index (χ0n) is 9.17. The molecule has 0 aromatic carbocycles. The zero-order chi connectivity index (χ0) is 11.1. The summed E-state index contributed by atoms with van der Waals surface area (Å²) in [6.45, 7) is -5.43. The molecule has 0 spiro atoms. The average molecular weight is 148 g/mol. The molecule has 0 bridgehead atoms. The van der Waals surface area contributed by atoms with Crippen molar-refractivity contribution in [3.8, 4) is 0 Å². The lowest BCUT2D eigenvalue weighted by molar-refractivity contribution is -0.168. The molecule has 0 aliphatic carbocycles. The number of hydroxylamine groups is 2. The minimum absolute atomic E-state index is 0.0845. The van der Waals surface area contributed by atoms with E-state index in [2.05, 4.69) is 4.84 Å². The van der Waals surface area contributed by atoms with Gasteiger partial charge in [0.05, 0.1) is 12.6 Å². The summed E-state index contributed by atoms with van der Waals surface area (Å²) < 4.78 is 28.8. The first-order valence-electron chi connectivity index (χ1n) is 4.45. The summed E-state index contributed by atoms with van der Waals surface area (Å²) in [7, 11) is 0.974. The molecule has 0 unspecified atom stereocenters. The maximum absolute atomic E-state index is 11.0. The Labute approximate surface area is 63.5 Å². The Morgan fingerprint density at radius 1 is 1.60 bits per heavy atom. The average Bonchev–Trinajstić information content (AvgIpc) is 2.01. The van der Waals surface area contributed by atoms with Gasteiger partial charge in [0.1, 0.15) is 13.0 Å². The van der Waals surface area contributed by atoms with Gasteiger partial charge in [-0.1, -0.05) is 0 Å². The first-order valence-corrected chi connectivity index (χ1v) is 2.45. The number of amides is 2. The molecule has 56 valence electrons. The molecular weight excluding hydrogens is 136 g/mol. The molecule has 5 nitrogen and oxygen atoms in total. The van der Waals surface area contributed by atoms with E-state index in [1.165, 1.54) is 0 Å². The normalized spacial score (nSPS) is 36.9. The van der Waals surface area contributed by atoms with Crippen LogP contribution in [0.3, 0.4) is 0 Å². The SMILES string of the molecule is [2H]C1([2H])C(=O)NC(=O)C([2H])([2H])N1OC. The molecule has 0 aromatic heterocycles. The van der Waals surface area contributed by atoms with Gasteiger partial charge in [-0.2, -0.15) is 5.06 Å². The summed E-state index contributed by atoms with van der Waals surface area (Å²) in [5, 5.41) is 1.66. The van der Waals surface area contributed by atoms with Gasteiger partial charge in [0, 0.05) is 0 Å². The van der Waals surface area contributed by atoms with Gasteiger partial charge in [-0.3, -0.25) is 14.9 Å². The van der Waals surface area contributed by atoms with E-state index in [1.807, 2.05) is 0 Å². The summed E-state index contributed by atoms with van der Waals surface area (Å²) in [5.74, 6) is -2.50. The number of hydrogen-bond acceptors (Lipinski definition) is 4. The number of rotatable bonds is 1. The fourth-order valence-electron chi connectivity index (χ4n) is 0.463. The molecule has 1 aliphatic heterocycles. The van der Waals surface area contributed by atoms with E-state index in [0.29, 0.717) is 0 Å². The molecule has 1 N–H and O–H groups in total. The quantitative estimate of drug-likeness (QED) is 0.460. The Morgan fingerprint density at radius 3 is 2.50 bits per heavy atom. The second-order valence-corrected chi connectivity index (χ2v) is 1.48.